The van der Waals surface area contributed by atoms with Gasteiger partial charge in [0.1, 0.15) is 12.4 Å². The van der Waals surface area contributed by atoms with E-state index < -0.39 is 0 Å². The number of benzene rings is 1. The minimum atomic E-state index is 0.484. The normalized spacial score (nSPS) is 12.2. The Kier molecular flexibility index (Phi) is 7.15. The van der Waals surface area contributed by atoms with Gasteiger partial charge in [-0.2, -0.15) is 0 Å². The molecule has 0 amide bonds. The van der Waals surface area contributed by atoms with E-state index in [-0.39, 0.29) is 0 Å². The first kappa shape index (κ1) is 18.4. The van der Waals surface area contributed by atoms with Crippen molar-refractivity contribution in [1.82, 2.24) is 4.98 Å². The number of hydrogen-bond acceptors (Lipinski definition) is 5. The summed E-state index contributed by atoms with van der Waals surface area (Å²) >= 11 is 1.66. The smallest absolute Gasteiger partial charge is 0.131 e. The molecule has 0 spiro atoms. The molecule has 2 aromatic rings. The summed E-state index contributed by atoms with van der Waals surface area (Å²) in [4.78, 5) is 5.86. The Morgan fingerprint density at radius 2 is 2.12 bits per heavy atom. The number of nitrogens with two attached hydrogens (primary N) is 1. The summed E-state index contributed by atoms with van der Waals surface area (Å²) in [7, 11) is 1.66. The standard InChI is InChI=1S/C19H24N2O2S/c1-4-6-11-24-19(5-2)17-13-18(23-10-9-22-3)15-12-14(20)7-8-16(15)21-17/h5-8,11-13H,4,9-10,20H2,1-3H3/b11-6-,19-5-. The van der Waals surface area contributed by atoms with Gasteiger partial charge in [0.2, 0.25) is 0 Å². The average Bonchev–Trinajstić information content (AvgIpc) is 2.59. The topological polar surface area (TPSA) is 57.4 Å². The van der Waals surface area contributed by atoms with Crippen molar-refractivity contribution in [2.45, 2.75) is 20.3 Å². The molecule has 0 saturated heterocycles. The van der Waals surface area contributed by atoms with Crippen molar-refractivity contribution in [1.29, 1.82) is 0 Å². The largest absolute Gasteiger partial charge is 0.490 e. The van der Waals surface area contributed by atoms with E-state index in [1.807, 2.05) is 31.2 Å². The summed E-state index contributed by atoms with van der Waals surface area (Å²) in [6.07, 6.45) is 5.21. The van der Waals surface area contributed by atoms with E-state index in [9.17, 15) is 0 Å². The molecule has 5 heteroatoms. The number of aromatic nitrogens is 1. The quantitative estimate of drug-likeness (QED) is 0.547. The van der Waals surface area contributed by atoms with Crippen molar-refractivity contribution in [3.05, 3.63) is 47.5 Å². The molecule has 0 bridgehead atoms. The highest BCUT2D eigenvalue weighted by molar-refractivity contribution is 8.10. The van der Waals surface area contributed by atoms with E-state index in [1.165, 1.54) is 0 Å². The van der Waals surface area contributed by atoms with Crippen LogP contribution in [0.4, 0.5) is 5.69 Å². The van der Waals surface area contributed by atoms with Gasteiger partial charge in [0.05, 0.1) is 17.8 Å². The van der Waals surface area contributed by atoms with Crippen molar-refractivity contribution in [2.75, 3.05) is 26.1 Å². The first-order valence-electron chi connectivity index (χ1n) is 8.00. The average molecular weight is 344 g/mol. The van der Waals surface area contributed by atoms with E-state index in [2.05, 4.69) is 24.5 Å². The number of thioether (sulfide) groups is 1. The fraction of sp³-hybridized carbons (Fsp3) is 0.316. The lowest BCUT2D eigenvalue weighted by Gasteiger charge is -2.12. The number of fused-ring (bicyclic) bond motifs is 1. The molecule has 0 unspecified atom stereocenters. The van der Waals surface area contributed by atoms with E-state index in [4.69, 9.17) is 20.2 Å². The molecule has 1 heterocycles. The summed E-state index contributed by atoms with van der Waals surface area (Å²) in [6.45, 7) is 5.15. The van der Waals surface area contributed by atoms with Crippen LogP contribution in [0.25, 0.3) is 15.8 Å². The minimum absolute atomic E-state index is 0.484. The Balaban J connectivity index is 2.43. The maximum Gasteiger partial charge on any atom is 0.131 e. The Morgan fingerprint density at radius 1 is 1.29 bits per heavy atom. The number of nitrogens with zero attached hydrogens (tertiary/aromatic N) is 1. The zero-order chi connectivity index (χ0) is 17.4. The Morgan fingerprint density at radius 3 is 2.83 bits per heavy atom. The van der Waals surface area contributed by atoms with Gasteiger partial charge in [0, 0.05) is 29.2 Å². The highest BCUT2D eigenvalue weighted by Gasteiger charge is 2.10. The van der Waals surface area contributed by atoms with Gasteiger partial charge >= 0.3 is 0 Å². The third-order valence-electron chi connectivity index (χ3n) is 3.38. The van der Waals surface area contributed by atoms with Gasteiger partial charge < -0.3 is 15.2 Å². The Bertz CT molecular complexity index is 741. The third kappa shape index (κ3) is 4.76. The van der Waals surface area contributed by atoms with Gasteiger partial charge in [-0.15, -0.1) is 0 Å². The second kappa shape index (κ2) is 9.35. The monoisotopic (exact) mass is 344 g/mol. The zero-order valence-corrected chi connectivity index (χ0v) is 15.2. The second-order valence-electron chi connectivity index (χ2n) is 5.17. The van der Waals surface area contributed by atoms with Gasteiger partial charge in [-0.25, -0.2) is 4.98 Å². The van der Waals surface area contributed by atoms with Crippen molar-refractivity contribution in [2.24, 2.45) is 0 Å². The van der Waals surface area contributed by atoms with Crippen molar-refractivity contribution in [3.8, 4) is 5.75 Å². The number of allylic oxidation sites excluding steroid dienone is 2. The molecule has 0 aliphatic carbocycles. The van der Waals surface area contributed by atoms with Crippen LogP contribution in [0.1, 0.15) is 26.0 Å². The molecule has 0 fully saturated rings. The SMILES string of the molecule is C/C=C(\S/C=C\CC)c1cc(OCCOC)c2cc(N)ccc2n1. The lowest BCUT2D eigenvalue weighted by molar-refractivity contribution is 0.147. The van der Waals surface area contributed by atoms with Crippen LogP contribution in [0.3, 0.4) is 0 Å². The van der Waals surface area contributed by atoms with Crippen LogP contribution in [-0.2, 0) is 4.74 Å². The van der Waals surface area contributed by atoms with E-state index in [0.29, 0.717) is 18.9 Å². The summed E-state index contributed by atoms with van der Waals surface area (Å²) < 4.78 is 11.0. The molecular formula is C19H24N2O2S. The molecule has 0 radical (unpaired) electrons. The van der Waals surface area contributed by atoms with Crippen LogP contribution in [0, 0.1) is 0 Å². The molecule has 4 nitrogen and oxygen atoms in total. The molecule has 0 aliphatic rings. The van der Waals surface area contributed by atoms with Crippen LogP contribution in [0.5, 0.6) is 5.75 Å². The first-order chi connectivity index (χ1) is 11.7. The molecule has 1 aromatic heterocycles. The number of methoxy groups -OCH3 is 1. The van der Waals surface area contributed by atoms with Gasteiger partial charge in [0.25, 0.3) is 0 Å². The molecule has 0 saturated carbocycles. The lowest BCUT2D eigenvalue weighted by atomic mass is 10.1. The fourth-order valence-corrected chi connectivity index (χ4v) is 2.98. The van der Waals surface area contributed by atoms with Crippen molar-refractivity contribution < 1.29 is 9.47 Å². The predicted molar refractivity (Wildman–Crippen MR) is 104 cm³/mol. The molecule has 2 rings (SSSR count). The summed E-state index contributed by atoms with van der Waals surface area (Å²) in [5.41, 5.74) is 8.38. The predicted octanol–water partition coefficient (Wildman–Crippen LogP) is 4.86. The van der Waals surface area contributed by atoms with Gasteiger partial charge in [-0.3, -0.25) is 0 Å². The summed E-state index contributed by atoms with van der Waals surface area (Å²) in [6, 6.07) is 7.65. The van der Waals surface area contributed by atoms with Crippen LogP contribution >= 0.6 is 11.8 Å². The Labute approximate surface area is 147 Å². The highest BCUT2D eigenvalue weighted by Crippen LogP contribution is 2.34. The van der Waals surface area contributed by atoms with Gasteiger partial charge in [0.15, 0.2) is 0 Å². The van der Waals surface area contributed by atoms with Crippen LogP contribution in [0.15, 0.2) is 41.8 Å². The highest BCUT2D eigenvalue weighted by atomic mass is 32.2. The van der Waals surface area contributed by atoms with E-state index >= 15 is 0 Å². The lowest BCUT2D eigenvalue weighted by Crippen LogP contribution is -2.05. The molecular weight excluding hydrogens is 320 g/mol. The minimum Gasteiger partial charge on any atom is -0.490 e. The Hall–Kier alpha value is -1.98. The van der Waals surface area contributed by atoms with Crippen LogP contribution in [-0.4, -0.2) is 25.3 Å². The second-order valence-corrected chi connectivity index (χ2v) is 6.12. The molecule has 128 valence electrons. The number of ether oxygens (including phenoxy) is 2. The number of hydrogen-bond donors (Lipinski definition) is 1. The first-order valence-corrected chi connectivity index (χ1v) is 8.88. The third-order valence-corrected chi connectivity index (χ3v) is 4.41. The number of anilines is 1. The van der Waals surface area contributed by atoms with Crippen LogP contribution in [0.2, 0.25) is 0 Å². The van der Waals surface area contributed by atoms with Gasteiger partial charge in [-0.1, -0.05) is 30.8 Å². The molecule has 24 heavy (non-hydrogen) atoms. The summed E-state index contributed by atoms with van der Waals surface area (Å²) in [5.74, 6) is 0.777. The van der Waals surface area contributed by atoms with E-state index in [1.54, 1.807) is 18.9 Å². The van der Waals surface area contributed by atoms with Crippen LogP contribution < -0.4 is 10.5 Å². The maximum atomic E-state index is 5.92. The maximum absolute atomic E-state index is 5.92. The molecule has 1 aromatic carbocycles. The number of nitrogen functional groups attached to an aromatic ring is 1. The fourth-order valence-electron chi connectivity index (χ4n) is 2.19. The number of rotatable bonds is 8. The zero-order valence-electron chi connectivity index (χ0n) is 14.4. The molecule has 0 atom stereocenters. The van der Waals surface area contributed by atoms with Crippen molar-refractivity contribution in [3.63, 3.8) is 0 Å². The summed E-state index contributed by atoms with van der Waals surface area (Å²) in [5, 5.41) is 3.01. The van der Waals surface area contributed by atoms with E-state index in [0.717, 1.165) is 33.7 Å². The molecule has 0 aliphatic heterocycles. The number of pyridine rings is 1. The molecule has 2 N–H and O–H groups in total. The van der Waals surface area contributed by atoms with Gasteiger partial charge in [-0.05, 0) is 37.0 Å². The van der Waals surface area contributed by atoms with Crippen molar-refractivity contribution >= 4 is 33.3 Å².